The fourth-order valence-electron chi connectivity index (χ4n) is 2.31. The maximum Gasteiger partial charge on any atom is 0.0655 e. The van der Waals surface area contributed by atoms with Gasteiger partial charge in [-0.2, -0.15) is 0 Å². The van der Waals surface area contributed by atoms with Crippen molar-refractivity contribution < 1.29 is 4.74 Å². The molecule has 0 bridgehead atoms. The van der Waals surface area contributed by atoms with Gasteiger partial charge >= 0.3 is 0 Å². The van der Waals surface area contributed by atoms with Gasteiger partial charge in [-0.25, -0.2) is 0 Å². The van der Waals surface area contributed by atoms with Crippen molar-refractivity contribution in [1.29, 1.82) is 0 Å². The first kappa shape index (κ1) is 15.0. The third-order valence-electron chi connectivity index (χ3n) is 4.91. The average molecular weight is 241 g/mol. The van der Waals surface area contributed by atoms with E-state index in [9.17, 15) is 0 Å². The molecule has 0 aromatic carbocycles. The van der Waals surface area contributed by atoms with Gasteiger partial charge in [0.15, 0.2) is 0 Å². The molecule has 17 heavy (non-hydrogen) atoms. The Kier molecular flexibility index (Phi) is 4.65. The van der Waals surface area contributed by atoms with E-state index < -0.39 is 0 Å². The third kappa shape index (κ3) is 3.23. The Morgan fingerprint density at radius 2 is 1.94 bits per heavy atom. The van der Waals surface area contributed by atoms with Crippen LogP contribution in [0.5, 0.6) is 0 Å². The van der Waals surface area contributed by atoms with E-state index in [1.165, 1.54) is 0 Å². The maximum atomic E-state index is 5.76. The summed E-state index contributed by atoms with van der Waals surface area (Å²) < 4.78 is 5.76. The molecule has 102 valence electrons. The van der Waals surface area contributed by atoms with Crippen molar-refractivity contribution in [1.82, 2.24) is 5.32 Å². The highest BCUT2D eigenvalue weighted by molar-refractivity contribution is 5.03. The zero-order valence-corrected chi connectivity index (χ0v) is 12.8. The van der Waals surface area contributed by atoms with Crippen LogP contribution in [0.1, 0.15) is 54.9 Å². The van der Waals surface area contributed by atoms with Gasteiger partial charge in [-0.05, 0) is 24.7 Å². The standard InChI is InChI=1S/C15H31NO/c1-8-17-13-9-12(15(13,6)7)16-10-14(4,5)11(2)3/h11-13,16H,8-10H2,1-7H3. The van der Waals surface area contributed by atoms with Crippen molar-refractivity contribution in [2.75, 3.05) is 13.2 Å². The summed E-state index contributed by atoms with van der Waals surface area (Å²) in [5.41, 5.74) is 0.649. The van der Waals surface area contributed by atoms with E-state index in [0.29, 0.717) is 23.5 Å². The van der Waals surface area contributed by atoms with Gasteiger partial charge in [0.1, 0.15) is 0 Å². The number of rotatable bonds is 6. The number of hydrogen-bond donors (Lipinski definition) is 1. The van der Waals surface area contributed by atoms with Crippen LogP contribution in [0, 0.1) is 16.7 Å². The molecule has 0 aromatic heterocycles. The zero-order chi connectivity index (χ0) is 13.3. The van der Waals surface area contributed by atoms with Crippen LogP contribution >= 0.6 is 0 Å². The van der Waals surface area contributed by atoms with E-state index in [1.807, 2.05) is 0 Å². The number of nitrogens with one attached hydrogen (secondary N) is 1. The lowest BCUT2D eigenvalue weighted by Gasteiger charge is -2.52. The van der Waals surface area contributed by atoms with Gasteiger partial charge in [-0.3, -0.25) is 0 Å². The van der Waals surface area contributed by atoms with Crippen LogP contribution in [-0.2, 0) is 4.74 Å². The van der Waals surface area contributed by atoms with Gasteiger partial charge in [0.25, 0.3) is 0 Å². The summed E-state index contributed by atoms with van der Waals surface area (Å²) in [6, 6.07) is 0.608. The Balaban J connectivity index is 2.41. The summed E-state index contributed by atoms with van der Waals surface area (Å²) in [4.78, 5) is 0. The molecule has 0 radical (unpaired) electrons. The molecule has 2 nitrogen and oxygen atoms in total. The smallest absolute Gasteiger partial charge is 0.0655 e. The summed E-state index contributed by atoms with van der Waals surface area (Å²) in [6.45, 7) is 17.9. The molecule has 1 aliphatic carbocycles. The molecule has 1 aliphatic rings. The number of hydrogen-bond acceptors (Lipinski definition) is 2. The molecular formula is C15H31NO. The maximum absolute atomic E-state index is 5.76. The molecule has 0 amide bonds. The molecule has 1 fully saturated rings. The topological polar surface area (TPSA) is 21.3 Å². The molecular weight excluding hydrogens is 210 g/mol. The first-order chi connectivity index (χ1) is 7.71. The minimum Gasteiger partial charge on any atom is -0.378 e. The highest BCUT2D eigenvalue weighted by atomic mass is 16.5. The predicted octanol–water partition coefficient (Wildman–Crippen LogP) is 3.46. The van der Waals surface area contributed by atoms with E-state index in [0.717, 1.165) is 19.6 Å². The van der Waals surface area contributed by atoms with Crippen molar-refractivity contribution in [2.24, 2.45) is 16.7 Å². The van der Waals surface area contributed by atoms with Crippen molar-refractivity contribution >= 4 is 0 Å². The molecule has 0 aromatic rings. The highest BCUT2D eigenvalue weighted by Gasteiger charge is 2.48. The Bertz CT molecular complexity index is 245. The summed E-state index contributed by atoms with van der Waals surface area (Å²) in [6.07, 6.45) is 1.60. The van der Waals surface area contributed by atoms with Crippen molar-refractivity contribution in [3.63, 3.8) is 0 Å². The van der Waals surface area contributed by atoms with Gasteiger partial charge < -0.3 is 10.1 Å². The Morgan fingerprint density at radius 1 is 1.35 bits per heavy atom. The largest absolute Gasteiger partial charge is 0.378 e. The van der Waals surface area contributed by atoms with Crippen molar-refractivity contribution in [3.8, 4) is 0 Å². The van der Waals surface area contributed by atoms with Gasteiger partial charge in [-0.15, -0.1) is 0 Å². The Morgan fingerprint density at radius 3 is 2.35 bits per heavy atom. The van der Waals surface area contributed by atoms with Crippen molar-refractivity contribution in [2.45, 2.75) is 67.0 Å². The fraction of sp³-hybridized carbons (Fsp3) is 1.00. The molecule has 1 rings (SSSR count). The van der Waals surface area contributed by atoms with Crippen LogP contribution in [-0.4, -0.2) is 25.3 Å². The van der Waals surface area contributed by atoms with Gasteiger partial charge in [0.05, 0.1) is 6.10 Å². The first-order valence-electron chi connectivity index (χ1n) is 7.06. The monoisotopic (exact) mass is 241 g/mol. The lowest BCUT2D eigenvalue weighted by Crippen LogP contribution is -2.62. The zero-order valence-electron chi connectivity index (χ0n) is 12.8. The van der Waals surface area contributed by atoms with E-state index in [4.69, 9.17) is 4.74 Å². The second-order valence-electron chi connectivity index (χ2n) is 7.08. The Hall–Kier alpha value is -0.0800. The predicted molar refractivity (Wildman–Crippen MR) is 74.2 cm³/mol. The van der Waals surface area contributed by atoms with Crippen LogP contribution in [0.15, 0.2) is 0 Å². The molecule has 0 spiro atoms. The quantitative estimate of drug-likeness (QED) is 0.769. The van der Waals surface area contributed by atoms with Crippen molar-refractivity contribution in [3.05, 3.63) is 0 Å². The molecule has 1 N–H and O–H groups in total. The van der Waals surface area contributed by atoms with E-state index in [2.05, 4.69) is 53.8 Å². The summed E-state index contributed by atoms with van der Waals surface area (Å²) in [5.74, 6) is 0.709. The molecule has 1 saturated carbocycles. The van der Waals surface area contributed by atoms with Crippen LogP contribution in [0.25, 0.3) is 0 Å². The van der Waals surface area contributed by atoms with Gasteiger partial charge in [0, 0.05) is 24.6 Å². The molecule has 2 unspecified atom stereocenters. The van der Waals surface area contributed by atoms with E-state index in [1.54, 1.807) is 0 Å². The molecule has 2 atom stereocenters. The highest BCUT2D eigenvalue weighted by Crippen LogP contribution is 2.43. The minimum absolute atomic E-state index is 0.281. The van der Waals surface area contributed by atoms with E-state index in [-0.39, 0.29) is 5.41 Å². The molecule has 0 heterocycles. The van der Waals surface area contributed by atoms with Gasteiger partial charge in [0.2, 0.25) is 0 Å². The SMILES string of the molecule is CCOC1CC(NCC(C)(C)C(C)C)C1(C)C. The molecule has 0 aliphatic heterocycles. The first-order valence-corrected chi connectivity index (χ1v) is 7.06. The number of ether oxygens (including phenoxy) is 1. The average Bonchev–Trinajstić information content (AvgIpc) is 2.22. The summed E-state index contributed by atoms with van der Waals surface area (Å²) in [5, 5.41) is 3.74. The second-order valence-corrected chi connectivity index (χ2v) is 7.08. The van der Waals surface area contributed by atoms with Crippen LogP contribution in [0.3, 0.4) is 0 Å². The normalized spacial score (nSPS) is 28.2. The van der Waals surface area contributed by atoms with Gasteiger partial charge in [-0.1, -0.05) is 41.5 Å². The third-order valence-corrected chi connectivity index (χ3v) is 4.91. The molecule has 0 saturated heterocycles. The van der Waals surface area contributed by atoms with E-state index >= 15 is 0 Å². The lowest BCUT2D eigenvalue weighted by molar-refractivity contribution is -0.115. The Labute approximate surface area is 108 Å². The summed E-state index contributed by atoms with van der Waals surface area (Å²) >= 11 is 0. The van der Waals surface area contributed by atoms with Crippen LogP contribution in [0.2, 0.25) is 0 Å². The van der Waals surface area contributed by atoms with Crippen LogP contribution in [0.4, 0.5) is 0 Å². The lowest BCUT2D eigenvalue weighted by atomic mass is 9.64. The second kappa shape index (κ2) is 5.27. The minimum atomic E-state index is 0.281. The molecule has 2 heteroatoms. The van der Waals surface area contributed by atoms with Crippen LogP contribution < -0.4 is 5.32 Å². The summed E-state index contributed by atoms with van der Waals surface area (Å²) in [7, 11) is 0. The fourth-order valence-corrected chi connectivity index (χ4v) is 2.31.